The number of carboxylic acid groups (broad SMARTS) is 1. The Kier molecular flexibility index (Phi) is 5.58. The van der Waals surface area contributed by atoms with Gasteiger partial charge in [0.25, 0.3) is 0 Å². The molecule has 5 nitrogen and oxygen atoms in total. The van der Waals surface area contributed by atoms with Gasteiger partial charge in [-0.2, -0.15) is 0 Å². The van der Waals surface area contributed by atoms with Crippen molar-refractivity contribution in [1.82, 2.24) is 4.98 Å². The molecular formula is C13H20N2O3. The van der Waals surface area contributed by atoms with E-state index in [9.17, 15) is 4.79 Å². The van der Waals surface area contributed by atoms with E-state index < -0.39 is 5.97 Å². The number of nitrogens with one attached hydrogen (secondary N) is 1. The number of pyridine rings is 1. The quantitative estimate of drug-likeness (QED) is 0.778. The Hall–Kier alpha value is -1.62. The Morgan fingerprint density at radius 2 is 2.28 bits per heavy atom. The predicted molar refractivity (Wildman–Crippen MR) is 69.9 cm³/mol. The van der Waals surface area contributed by atoms with E-state index in [2.05, 4.69) is 24.1 Å². The van der Waals surface area contributed by atoms with Crippen molar-refractivity contribution in [1.29, 1.82) is 0 Å². The fraction of sp³-hybridized carbons (Fsp3) is 0.538. The number of aromatic carboxylic acids is 1. The summed E-state index contributed by atoms with van der Waals surface area (Å²) in [5.74, 6) is -0.0218. The van der Waals surface area contributed by atoms with Crippen molar-refractivity contribution in [3.05, 3.63) is 23.9 Å². The summed E-state index contributed by atoms with van der Waals surface area (Å²) in [5.41, 5.74) is 0.228. The molecule has 1 atom stereocenters. The molecule has 0 aliphatic rings. The third-order valence-electron chi connectivity index (χ3n) is 2.65. The van der Waals surface area contributed by atoms with Gasteiger partial charge in [0.05, 0.1) is 18.2 Å². The lowest BCUT2D eigenvalue weighted by Crippen LogP contribution is -2.31. The third kappa shape index (κ3) is 4.33. The molecule has 0 aliphatic carbocycles. The van der Waals surface area contributed by atoms with E-state index in [0.29, 0.717) is 24.9 Å². The molecule has 100 valence electrons. The van der Waals surface area contributed by atoms with E-state index >= 15 is 0 Å². The average molecular weight is 252 g/mol. The van der Waals surface area contributed by atoms with E-state index in [4.69, 9.17) is 9.84 Å². The van der Waals surface area contributed by atoms with Gasteiger partial charge in [0.1, 0.15) is 5.82 Å². The fourth-order valence-electron chi connectivity index (χ4n) is 1.48. The number of carboxylic acids is 1. The SMILES string of the molecule is CCOCC(Nc1cc(C(=O)O)ccn1)C(C)C. The Morgan fingerprint density at radius 3 is 2.83 bits per heavy atom. The molecule has 0 amide bonds. The van der Waals surface area contributed by atoms with Crippen LogP contribution in [0.3, 0.4) is 0 Å². The monoisotopic (exact) mass is 252 g/mol. The topological polar surface area (TPSA) is 71.5 Å². The maximum absolute atomic E-state index is 10.9. The highest BCUT2D eigenvalue weighted by atomic mass is 16.5. The number of nitrogens with zero attached hydrogens (tertiary/aromatic N) is 1. The molecule has 0 fully saturated rings. The molecule has 0 saturated carbocycles. The molecule has 1 aromatic rings. The number of anilines is 1. The highest BCUT2D eigenvalue weighted by Crippen LogP contribution is 2.12. The second-order valence-electron chi connectivity index (χ2n) is 4.39. The summed E-state index contributed by atoms with van der Waals surface area (Å²) >= 11 is 0. The van der Waals surface area contributed by atoms with Crippen LogP contribution in [0.4, 0.5) is 5.82 Å². The van der Waals surface area contributed by atoms with E-state index in [0.717, 1.165) is 0 Å². The summed E-state index contributed by atoms with van der Waals surface area (Å²) < 4.78 is 5.40. The number of hydrogen-bond donors (Lipinski definition) is 2. The summed E-state index contributed by atoms with van der Waals surface area (Å²) in [6.45, 7) is 7.34. The van der Waals surface area contributed by atoms with Crippen LogP contribution in [0.1, 0.15) is 31.1 Å². The van der Waals surface area contributed by atoms with E-state index in [1.165, 1.54) is 18.3 Å². The molecule has 0 spiro atoms. The van der Waals surface area contributed by atoms with Gasteiger partial charge in [-0.1, -0.05) is 13.8 Å². The van der Waals surface area contributed by atoms with Gasteiger partial charge >= 0.3 is 5.97 Å². The number of aromatic nitrogens is 1. The lowest BCUT2D eigenvalue weighted by Gasteiger charge is -2.22. The molecule has 1 rings (SSSR count). The molecular weight excluding hydrogens is 232 g/mol. The zero-order valence-corrected chi connectivity index (χ0v) is 11.0. The van der Waals surface area contributed by atoms with Crippen molar-refractivity contribution in [3.63, 3.8) is 0 Å². The second-order valence-corrected chi connectivity index (χ2v) is 4.39. The minimum Gasteiger partial charge on any atom is -0.478 e. The molecule has 0 bridgehead atoms. The summed E-state index contributed by atoms with van der Waals surface area (Å²) in [4.78, 5) is 15.0. The van der Waals surface area contributed by atoms with Gasteiger partial charge in [0.15, 0.2) is 0 Å². The van der Waals surface area contributed by atoms with Crippen molar-refractivity contribution < 1.29 is 14.6 Å². The smallest absolute Gasteiger partial charge is 0.335 e. The van der Waals surface area contributed by atoms with Gasteiger partial charge < -0.3 is 15.2 Å². The molecule has 1 aromatic heterocycles. The summed E-state index contributed by atoms with van der Waals surface area (Å²) in [5, 5.41) is 12.1. The zero-order valence-electron chi connectivity index (χ0n) is 11.0. The molecule has 5 heteroatoms. The van der Waals surface area contributed by atoms with Crippen LogP contribution in [0.15, 0.2) is 18.3 Å². The Morgan fingerprint density at radius 1 is 1.56 bits per heavy atom. The number of hydrogen-bond acceptors (Lipinski definition) is 4. The normalized spacial score (nSPS) is 12.4. The number of rotatable bonds is 7. The first-order valence-electron chi connectivity index (χ1n) is 6.08. The van der Waals surface area contributed by atoms with E-state index in [-0.39, 0.29) is 11.6 Å². The molecule has 0 radical (unpaired) electrons. The first-order valence-corrected chi connectivity index (χ1v) is 6.08. The van der Waals surface area contributed by atoms with Gasteiger partial charge in [0, 0.05) is 12.8 Å². The first-order chi connectivity index (χ1) is 8.54. The van der Waals surface area contributed by atoms with Crippen LogP contribution in [0.5, 0.6) is 0 Å². The predicted octanol–water partition coefficient (Wildman–Crippen LogP) is 2.25. The second kappa shape index (κ2) is 6.96. The van der Waals surface area contributed by atoms with Crippen LogP contribution in [0.2, 0.25) is 0 Å². The van der Waals surface area contributed by atoms with E-state index in [1.54, 1.807) is 0 Å². The third-order valence-corrected chi connectivity index (χ3v) is 2.65. The minimum absolute atomic E-state index is 0.112. The molecule has 18 heavy (non-hydrogen) atoms. The van der Waals surface area contributed by atoms with Gasteiger partial charge in [0.2, 0.25) is 0 Å². The Bertz CT molecular complexity index is 394. The lowest BCUT2D eigenvalue weighted by molar-refractivity contribution is 0.0697. The van der Waals surface area contributed by atoms with Gasteiger partial charge in [-0.25, -0.2) is 9.78 Å². The van der Waals surface area contributed by atoms with Crippen LogP contribution in [0, 0.1) is 5.92 Å². The van der Waals surface area contributed by atoms with Crippen molar-refractivity contribution >= 4 is 11.8 Å². The fourth-order valence-corrected chi connectivity index (χ4v) is 1.48. The summed E-state index contributed by atoms with van der Waals surface area (Å²) in [7, 11) is 0. The van der Waals surface area contributed by atoms with Crippen LogP contribution in [-0.4, -0.2) is 35.3 Å². The van der Waals surface area contributed by atoms with Crippen LogP contribution in [-0.2, 0) is 4.74 Å². The highest BCUT2D eigenvalue weighted by molar-refractivity contribution is 5.88. The van der Waals surface area contributed by atoms with Crippen molar-refractivity contribution in [2.75, 3.05) is 18.5 Å². The van der Waals surface area contributed by atoms with Crippen LogP contribution >= 0.6 is 0 Å². The Balaban J connectivity index is 2.73. The molecule has 0 aromatic carbocycles. The lowest BCUT2D eigenvalue weighted by atomic mass is 10.1. The molecule has 0 saturated heterocycles. The van der Waals surface area contributed by atoms with Gasteiger partial charge in [-0.05, 0) is 25.0 Å². The molecule has 0 aliphatic heterocycles. The average Bonchev–Trinajstić information content (AvgIpc) is 2.34. The molecule has 2 N–H and O–H groups in total. The van der Waals surface area contributed by atoms with Crippen molar-refractivity contribution in [3.8, 4) is 0 Å². The van der Waals surface area contributed by atoms with Crippen molar-refractivity contribution in [2.24, 2.45) is 5.92 Å². The maximum Gasteiger partial charge on any atom is 0.335 e. The van der Waals surface area contributed by atoms with Crippen LogP contribution < -0.4 is 5.32 Å². The first kappa shape index (κ1) is 14.4. The van der Waals surface area contributed by atoms with E-state index in [1.807, 2.05) is 6.92 Å². The van der Waals surface area contributed by atoms with Crippen molar-refractivity contribution in [2.45, 2.75) is 26.8 Å². The minimum atomic E-state index is -0.952. The van der Waals surface area contributed by atoms with Gasteiger partial charge in [-0.3, -0.25) is 0 Å². The Labute approximate surface area is 107 Å². The largest absolute Gasteiger partial charge is 0.478 e. The standard InChI is InChI=1S/C13H20N2O3/c1-4-18-8-11(9(2)3)15-12-7-10(13(16)17)5-6-14-12/h5-7,9,11H,4,8H2,1-3H3,(H,14,15)(H,16,17). The zero-order chi connectivity index (χ0) is 13.5. The number of ether oxygens (including phenoxy) is 1. The van der Waals surface area contributed by atoms with Crippen LogP contribution in [0.25, 0.3) is 0 Å². The maximum atomic E-state index is 10.9. The molecule has 1 unspecified atom stereocenters. The summed E-state index contributed by atoms with van der Waals surface area (Å²) in [6, 6.07) is 3.12. The van der Waals surface area contributed by atoms with Gasteiger partial charge in [-0.15, -0.1) is 0 Å². The number of carbonyl (C=O) groups is 1. The molecule has 1 heterocycles. The highest BCUT2D eigenvalue weighted by Gasteiger charge is 2.14. The summed E-state index contributed by atoms with van der Waals surface area (Å²) in [6.07, 6.45) is 1.49.